The van der Waals surface area contributed by atoms with E-state index < -0.39 is 11.6 Å². The molecular weight excluding hydrogens is 458 g/mol. The minimum absolute atomic E-state index is 0.00717. The molecule has 0 saturated heterocycles. The molecule has 0 N–H and O–H groups in total. The molecule has 5 nitrogen and oxygen atoms in total. The van der Waals surface area contributed by atoms with Crippen LogP contribution in [0.4, 0.5) is 0 Å². The maximum atomic E-state index is 13.5. The highest BCUT2D eigenvalue weighted by Crippen LogP contribution is 2.35. The van der Waals surface area contributed by atoms with E-state index in [0.717, 1.165) is 37.4 Å². The molecule has 1 aliphatic rings. The van der Waals surface area contributed by atoms with Crippen molar-refractivity contribution in [1.82, 2.24) is 4.90 Å². The molecule has 1 amide bonds. The monoisotopic (exact) mass is 495 g/mol. The van der Waals surface area contributed by atoms with Crippen LogP contribution in [0.1, 0.15) is 75.2 Å². The fourth-order valence-corrected chi connectivity index (χ4v) is 5.41. The molecule has 188 valence electrons. The second-order valence-electron chi connectivity index (χ2n) is 10.3. The molecule has 0 bridgehead atoms. The SMILES string of the molecule is C[C@H](CSC(=O)c1ccccc1)C(=O)N(CC(=O)OC(C)(C)C)[C@H]1CC[C@@H](c2ccccc2)CC1. The van der Waals surface area contributed by atoms with Gasteiger partial charge >= 0.3 is 5.97 Å². The topological polar surface area (TPSA) is 63.7 Å². The van der Waals surface area contributed by atoms with Gasteiger partial charge in [0.2, 0.25) is 11.0 Å². The number of amides is 1. The lowest BCUT2D eigenvalue weighted by Gasteiger charge is -2.38. The molecule has 0 spiro atoms. The molecule has 0 unspecified atom stereocenters. The van der Waals surface area contributed by atoms with Crippen LogP contribution in [0.25, 0.3) is 0 Å². The van der Waals surface area contributed by atoms with Crippen LogP contribution in [0.3, 0.4) is 0 Å². The summed E-state index contributed by atoms with van der Waals surface area (Å²) in [5, 5.41) is -0.0488. The average molecular weight is 496 g/mol. The van der Waals surface area contributed by atoms with E-state index in [2.05, 4.69) is 24.3 Å². The van der Waals surface area contributed by atoms with Crippen molar-refractivity contribution in [1.29, 1.82) is 0 Å². The highest BCUT2D eigenvalue weighted by Gasteiger charge is 2.34. The van der Waals surface area contributed by atoms with Gasteiger partial charge in [0.15, 0.2) is 0 Å². The van der Waals surface area contributed by atoms with Gasteiger partial charge in [-0.1, -0.05) is 79.3 Å². The summed E-state index contributed by atoms with van der Waals surface area (Å²) in [5.41, 5.74) is 1.35. The van der Waals surface area contributed by atoms with Crippen LogP contribution in [0.15, 0.2) is 60.7 Å². The molecule has 3 rings (SSSR count). The average Bonchev–Trinajstić information content (AvgIpc) is 2.85. The Morgan fingerprint density at radius 1 is 0.943 bits per heavy atom. The van der Waals surface area contributed by atoms with Crippen LogP contribution in [0.5, 0.6) is 0 Å². The van der Waals surface area contributed by atoms with Crippen molar-refractivity contribution in [3.63, 3.8) is 0 Å². The van der Waals surface area contributed by atoms with Gasteiger partial charge in [-0.25, -0.2) is 0 Å². The summed E-state index contributed by atoms with van der Waals surface area (Å²) in [5.74, 6) is -0.0236. The quantitative estimate of drug-likeness (QED) is 0.415. The summed E-state index contributed by atoms with van der Waals surface area (Å²) in [6.45, 7) is 7.27. The Morgan fingerprint density at radius 3 is 2.09 bits per heavy atom. The van der Waals surface area contributed by atoms with E-state index in [1.165, 1.54) is 5.56 Å². The minimum atomic E-state index is -0.611. The van der Waals surface area contributed by atoms with Crippen molar-refractivity contribution in [3.05, 3.63) is 71.8 Å². The molecular formula is C29H37NO4S. The second-order valence-corrected chi connectivity index (χ2v) is 11.3. The van der Waals surface area contributed by atoms with Gasteiger partial charge in [-0.3, -0.25) is 14.4 Å². The van der Waals surface area contributed by atoms with Crippen molar-refractivity contribution in [3.8, 4) is 0 Å². The zero-order valence-electron chi connectivity index (χ0n) is 21.2. The number of benzene rings is 2. The first-order chi connectivity index (χ1) is 16.6. The molecule has 0 aliphatic heterocycles. The fourth-order valence-electron chi connectivity index (χ4n) is 4.56. The lowest BCUT2D eigenvalue weighted by Crippen LogP contribution is -2.48. The number of esters is 1. The van der Waals surface area contributed by atoms with Crippen molar-refractivity contribution in [2.45, 2.75) is 70.9 Å². The number of carbonyl (C=O) groups excluding carboxylic acids is 3. The summed E-state index contributed by atoms with van der Waals surface area (Å²) in [6.07, 6.45) is 3.64. The second kappa shape index (κ2) is 12.4. The van der Waals surface area contributed by atoms with Crippen molar-refractivity contribution >= 4 is 28.8 Å². The fraction of sp³-hybridized carbons (Fsp3) is 0.483. The third kappa shape index (κ3) is 8.24. The maximum Gasteiger partial charge on any atom is 0.326 e. The van der Waals surface area contributed by atoms with Crippen molar-refractivity contribution in [2.75, 3.05) is 12.3 Å². The molecule has 0 radical (unpaired) electrons. The van der Waals surface area contributed by atoms with Crippen molar-refractivity contribution in [2.24, 2.45) is 5.92 Å². The molecule has 1 fully saturated rings. The third-order valence-electron chi connectivity index (χ3n) is 6.31. The molecule has 1 atom stereocenters. The Hall–Kier alpha value is -2.60. The predicted octanol–water partition coefficient (Wildman–Crippen LogP) is 6.09. The van der Waals surface area contributed by atoms with Gasteiger partial charge in [0, 0.05) is 23.3 Å². The lowest BCUT2D eigenvalue weighted by atomic mass is 9.81. The number of rotatable bonds is 8. The first-order valence-corrected chi connectivity index (χ1v) is 13.4. The number of thioether (sulfide) groups is 1. The Bertz CT molecular complexity index is 979. The number of hydrogen-bond acceptors (Lipinski definition) is 5. The third-order valence-corrected chi connectivity index (χ3v) is 7.47. The Kier molecular flexibility index (Phi) is 9.55. The smallest absolute Gasteiger partial charge is 0.326 e. The lowest BCUT2D eigenvalue weighted by molar-refractivity contribution is -0.161. The van der Waals surface area contributed by atoms with E-state index in [9.17, 15) is 14.4 Å². The van der Waals surface area contributed by atoms with Gasteiger partial charge in [-0.15, -0.1) is 0 Å². The van der Waals surface area contributed by atoms with Crippen molar-refractivity contribution < 1.29 is 19.1 Å². The standard InChI is InChI=1S/C29H37NO4S/c1-21(20-35-28(33)24-13-9-6-10-14-24)27(32)30(19-26(31)34-29(2,3)4)25-17-15-23(16-18-25)22-11-7-5-8-12-22/h5-14,21,23,25H,15-20H2,1-4H3/t21-,23-,25+/m1/s1. The first kappa shape index (κ1) is 27.0. The first-order valence-electron chi connectivity index (χ1n) is 12.4. The van der Waals surface area contributed by atoms with E-state index in [1.807, 2.05) is 52.0 Å². The molecule has 2 aromatic carbocycles. The summed E-state index contributed by atoms with van der Waals surface area (Å²) in [4.78, 5) is 40.5. The highest BCUT2D eigenvalue weighted by atomic mass is 32.2. The summed E-state index contributed by atoms with van der Waals surface area (Å²) < 4.78 is 5.54. The van der Waals surface area contributed by atoms with E-state index >= 15 is 0 Å². The Labute approximate surface area is 213 Å². The van der Waals surface area contributed by atoms with Gasteiger partial charge in [0.25, 0.3) is 0 Å². The van der Waals surface area contributed by atoms with Crippen LogP contribution in [-0.4, -0.2) is 45.8 Å². The molecule has 2 aromatic rings. The van der Waals surface area contributed by atoms with Gasteiger partial charge < -0.3 is 9.64 Å². The number of nitrogens with zero attached hydrogens (tertiary/aromatic N) is 1. The van der Waals surface area contributed by atoms with E-state index in [1.54, 1.807) is 17.0 Å². The van der Waals surface area contributed by atoms with E-state index in [4.69, 9.17) is 4.74 Å². The van der Waals surface area contributed by atoms with E-state index in [-0.39, 0.29) is 29.5 Å². The highest BCUT2D eigenvalue weighted by molar-refractivity contribution is 8.14. The van der Waals surface area contributed by atoms with E-state index in [0.29, 0.717) is 17.2 Å². The molecule has 6 heteroatoms. The van der Waals surface area contributed by atoms with Crippen LogP contribution < -0.4 is 0 Å². The number of ether oxygens (including phenoxy) is 1. The van der Waals surface area contributed by atoms with Gasteiger partial charge in [-0.05, 0) is 57.9 Å². The summed E-state index contributed by atoms with van der Waals surface area (Å²) in [7, 11) is 0. The van der Waals surface area contributed by atoms with Crippen LogP contribution >= 0.6 is 11.8 Å². The largest absolute Gasteiger partial charge is 0.459 e. The Balaban J connectivity index is 1.65. The number of carbonyl (C=O) groups is 3. The summed E-state index contributed by atoms with van der Waals surface area (Å²) >= 11 is 1.15. The minimum Gasteiger partial charge on any atom is -0.459 e. The van der Waals surface area contributed by atoms with Crippen LogP contribution in [-0.2, 0) is 14.3 Å². The molecule has 1 aliphatic carbocycles. The predicted molar refractivity (Wildman–Crippen MR) is 141 cm³/mol. The maximum absolute atomic E-state index is 13.5. The van der Waals surface area contributed by atoms with Gasteiger partial charge in [0.05, 0.1) is 0 Å². The zero-order chi connectivity index (χ0) is 25.4. The van der Waals surface area contributed by atoms with Gasteiger partial charge in [0.1, 0.15) is 12.1 Å². The zero-order valence-corrected chi connectivity index (χ0v) is 22.1. The van der Waals surface area contributed by atoms with Crippen LogP contribution in [0, 0.1) is 5.92 Å². The molecule has 35 heavy (non-hydrogen) atoms. The van der Waals surface area contributed by atoms with Gasteiger partial charge in [-0.2, -0.15) is 0 Å². The summed E-state index contributed by atoms with van der Waals surface area (Å²) in [6, 6.07) is 19.6. The number of hydrogen-bond donors (Lipinski definition) is 0. The molecule has 1 saturated carbocycles. The van der Waals surface area contributed by atoms with Crippen LogP contribution in [0.2, 0.25) is 0 Å². The molecule has 0 aromatic heterocycles. The normalized spacial score (nSPS) is 19.0. The Morgan fingerprint density at radius 2 is 1.51 bits per heavy atom. The molecule has 0 heterocycles.